The van der Waals surface area contributed by atoms with Gasteiger partial charge in [-0.25, -0.2) is 4.79 Å². The Morgan fingerprint density at radius 3 is 2.66 bits per heavy atom. The number of benzene rings is 2. The average molecular weight is 437 g/mol. The summed E-state index contributed by atoms with van der Waals surface area (Å²) in [5, 5.41) is 1.20. The Morgan fingerprint density at radius 1 is 1.19 bits per heavy atom. The Bertz CT molecular complexity index is 1070. The van der Waals surface area contributed by atoms with Crippen molar-refractivity contribution in [3.8, 4) is 5.75 Å². The number of fused-ring (bicyclic) bond motifs is 1. The number of methoxy groups -OCH3 is 2. The number of esters is 1. The molecule has 2 atom stereocenters. The van der Waals surface area contributed by atoms with E-state index in [1.807, 2.05) is 37.4 Å². The van der Waals surface area contributed by atoms with E-state index in [1.54, 1.807) is 7.11 Å². The molecule has 1 aliphatic heterocycles. The van der Waals surface area contributed by atoms with E-state index in [0.717, 1.165) is 37.2 Å². The van der Waals surface area contributed by atoms with Crippen LogP contribution < -0.4 is 4.74 Å². The normalized spacial score (nSPS) is 19.2. The molecule has 0 spiro atoms. The van der Waals surface area contributed by atoms with Crippen LogP contribution in [0.15, 0.2) is 42.6 Å². The minimum Gasteiger partial charge on any atom is -0.496 e. The van der Waals surface area contributed by atoms with Gasteiger partial charge in [-0.3, -0.25) is 4.90 Å². The molecule has 0 amide bonds. The number of nitrogens with one attached hydrogen (secondary N) is 1. The lowest BCUT2D eigenvalue weighted by atomic mass is 9.91. The molecule has 1 fully saturated rings. The third-order valence-corrected chi connectivity index (χ3v) is 6.48. The van der Waals surface area contributed by atoms with Crippen LogP contribution in [0.1, 0.15) is 52.9 Å². The maximum atomic E-state index is 11.9. The lowest BCUT2D eigenvalue weighted by Crippen LogP contribution is -2.39. The van der Waals surface area contributed by atoms with Crippen LogP contribution >= 0.6 is 0 Å². The summed E-state index contributed by atoms with van der Waals surface area (Å²) < 4.78 is 16.6. The van der Waals surface area contributed by atoms with Crippen LogP contribution in [0.4, 0.5) is 0 Å². The highest BCUT2D eigenvalue weighted by Crippen LogP contribution is 2.37. The number of nitrogens with zero attached hydrogens (tertiary/aromatic N) is 1. The van der Waals surface area contributed by atoms with Gasteiger partial charge in [0, 0.05) is 48.4 Å². The fraction of sp³-hybridized carbons (Fsp3) is 0.423. The van der Waals surface area contributed by atoms with Gasteiger partial charge in [0.2, 0.25) is 0 Å². The van der Waals surface area contributed by atoms with Crippen LogP contribution in [0.5, 0.6) is 5.75 Å². The first kappa shape index (κ1) is 22.4. The van der Waals surface area contributed by atoms with Crippen LogP contribution in [0.25, 0.3) is 10.9 Å². The number of likely N-dealkylation sites (tertiary alicyclic amines) is 1. The SMILES string of the molecule is CCO[C@H]1CCN(Cc2c(OC)cc(C)c3[nH]ccc23)[C@H](c2ccc(C(=O)OC)cc2)C1. The lowest BCUT2D eigenvalue weighted by Gasteiger charge is -2.40. The van der Waals surface area contributed by atoms with Crippen molar-refractivity contribution in [2.75, 3.05) is 27.4 Å². The van der Waals surface area contributed by atoms with Crippen LogP contribution in [-0.4, -0.2) is 49.3 Å². The van der Waals surface area contributed by atoms with Gasteiger partial charge in [-0.1, -0.05) is 12.1 Å². The maximum Gasteiger partial charge on any atom is 0.337 e. The molecule has 0 saturated carbocycles. The van der Waals surface area contributed by atoms with Crippen molar-refractivity contribution in [1.82, 2.24) is 9.88 Å². The largest absolute Gasteiger partial charge is 0.496 e. The molecular weight excluding hydrogens is 404 g/mol. The van der Waals surface area contributed by atoms with Crippen LogP contribution in [-0.2, 0) is 16.0 Å². The number of carbonyl (C=O) groups is 1. The second-order valence-electron chi connectivity index (χ2n) is 8.34. The Balaban J connectivity index is 1.67. The van der Waals surface area contributed by atoms with E-state index < -0.39 is 0 Å². The molecule has 0 aliphatic carbocycles. The maximum absolute atomic E-state index is 11.9. The smallest absolute Gasteiger partial charge is 0.337 e. The number of carbonyl (C=O) groups excluding carboxylic acids is 1. The quantitative estimate of drug-likeness (QED) is 0.527. The molecule has 0 radical (unpaired) electrons. The predicted octanol–water partition coefficient (Wildman–Crippen LogP) is 5.01. The summed E-state index contributed by atoms with van der Waals surface area (Å²) in [6, 6.07) is 12.2. The fourth-order valence-electron chi connectivity index (χ4n) is 4.85. The zero-order chi connectivity index (χ0) is 22.7. The Hall–Kier alpha value is -2.83. The third kappa shape index (κ3) is 4.38. The number of piperidine rings is 1. The standard InChI is InChI=1S/C26H32N2O4/c1-5-32-20-11-13-28(23(15-20)18-6-8-19(9-7-18)26(29)31-4)16-22-21-10-12-27-25(21)17(2)14-24(22)30-3/h6-10,12,14,20,23,27H,5,11,13,15-16H2,1-4H3/t20-,23-/m0/s1. The molecule has 0 bridgehead atoms. The van der Waals surface area contributed by atoms with Crippen molar-refractivity contribution >= 4 is 16.9 Å². The highest BCUT2D eigenvalue weighted by molar-refractivity contribution is 5.89. The first-order valence-corrected chi connectivity index (χ1v) is 11.2. The zero-order valence-corrected chi connectivity index (χ0v) is 19.3. The molecule has 4 rings (SSSR count). The first-order chi connectivity index (χ1) is 15.5. The summed E-state index contributed by atoms with van der Waals surface area (Å²) in [5.74, 6) is 0.602. The van der Waals surface area contributed by atoms with Crippen LogP contribution in [0, 0.1) is 6.92 Å². The van der Waals surface area contributed by atoms with E-state index in [9.17, 15) is 4.79 Å². The summed E-state index contributed by atoms with van der Waals surface area (Å²) in [6.45, 7) is 6.57. The van der Waals surface area contributed by atoms with E-state index in [-0.39, 0.29) is 18.1 Å². The molecule has 0 unspecified atom stereocenters. The molecule has 32 heavy (non-hydrogen) atoms. The number of aryl methyl sites for hydroxylation is 1. The second-order valence-corrected chi connectivity index (χ2v) is 8.34. The average Bonchev–Trinajstić information content (AvgIpc) is 3.32. The van der Waals surface area contributed by atoms with Crippen molar-refractivity contribution in [3.63, 3.8) is 0 Å². The Morgan fingerprint density at radius 2 is 1.97 bits per heavy atom. The Kier molecular flexibility index (Phi) is 6.82. The molecule has 1 aromatic heterocycles. The second kappa shape index (κ2) is 9.76. The van der Waals surface area contributed by atoms with Crippen molar-refractivity contribution in [2.24, 2.45) is 0 Å². The molecule has 2 heterocycles. The molecule has 170 valence electrons. The highest BCUT2D eigenvalue weighted by atomic mass is 16.5. The van der Waals surface area contributed by atoms with E-state index >= 15 is 0 Å². The monoisotopic (exact) mass is 436 g/mol. The Labute approximate surface area is 189 Å². The lowest BCUT2D eigenvalue weighted by molar-refractivity contribution is -0.0138. The zero-order valence-electron chi connectivity index (χ0n) is 19.3. The van der Waals surface area contributed by atoms with Crippen LogP contribution in [0.2, 0.25) is 0 Å². The molecule has 6 nitrogen and oxygen atoms in total. The molecular formula is C26H32N2O4. The summed E-state index contributed by atoms with van der Waals surface area (Å²) >= 11 is 0. The molecule has 6 heteroatoms. The van der Waals surface area contributed by atoms with Gasteiger partial charge in [-0.05, 0) is 62.1 Å². The first-order valence-electron chi connectivity index (χ1n) is 11.2. The van der Waals surface area contributed by atoms with E-state index in [2.05, 4.69) is 28.9 Å². The number of hydrogen-bond donors (Lipinski definition) is 1. The summed E-state index contributed by atoms with van der Waals surface area (Å²) in [4.78, 5) is 17.7. The highest BCUT2D eigenvalue weighted by Gasteiger charge is 2.31. The number of aromatic amines is 1. The number of rotatable bonds is 7. The van der Waals surface area contributed by atoms with Gasteiger partial charge in [0.05, 0.1) is 25.9 Å². The molecule has 3 aromatic rings. The van der Waals surface area contributed by atoms with E-state index in [4.69, 9.17) is 14.2 Å². The van der Waals surface area contributed by atoms with Crippen LogP contribution in [0.3, 0.4) is 0 Å². The minimum atomic E-state index is -0.316. The third-order valence-electron chi connectivity index (χ3n) is 6.48. The number of H-pyrrole nitrogens is 1. The molecule has 1 aliphatic rings. The predicted molar refractivity (Wildman–Crippen MR) is 125 cm³/mol. The molecule has 1 saturated heterocycles. The van der Waals surface area contributed by atoms with Gasteiger partial charge < -0.3 is 19.2 Å². The van der Waals surface area contributed by atoms with Crippen molar-refractivity contribution < 1.29 is 19.0 Å². The molecule has 2 aromatic carbocycles. The number of hydrogen-bond acceptors (Lipinski definition) is 5. The van der Waals surface area contributed by atoms with E-state index in [1.165, 1.54) is 29.2 Å². The van der Waals surface area contributed by atoms with Gasteiger partial charge in [-0.15, -0.1) is 0 Å². The molecule has 1 N–H and O–H groups in total. The summed E-state index contributed by atoms with van der Waals surface area (Å²) in [7, 11) is 3.14. The number of aromatic nitrogens is 1. The van der Waals surface area contributed by atoms with Gasteiger partial charge in [0.15, 0.2) is 0 Å². The van der Waals surface area contributed by atoms with Crippen molar-refractivity contribution in [3.05, 3.63) is 64.8 Å². The summed E-state index contributed by atoms with van der Waals surface area (Å²) in [6.07, 6.45) is 4.13. The number of ether oxygens (including phenoxy) is 3. The van der Waals surface area contributed by atoms with E-state index in [0.29, 0.717) is 12.2 Å². The topological polar surface area (TPSA) is 63.8 Å². The van der Waals surface area contributed by atoms with Gasteiger partial charge in [-0.2, -0.15) is 0 Å². The van der Waals surface area contributed by atoms with Gasteiger partial charge in [0.1, 0.15) is 5.75 Å². The minimum absolute atomic E-state index is 0.187. The fourth-order valence-corrected chi connectivity index (χ4v) is 4.85. The van der Waals surface area contributed by atoms with Crippen molar-refractivity contribution in [1.29, 1.82) is 0 Å². The van der Waals surface area contributed by atoms with Crippen molar-refractivity contribution in [2.45, 2.75) is 45.4 Å². The van der Waals surface area contributed by atoms with Gasteiger partial charge >= 0.3 is 5.97 Å². The summed E-state index contributed by atoms with van der Waals surface area (Å²) in [5.41, 5.74) is 5.27. The van der Waals surface area contributed by atoms with Gasteiger partial charge in [0.25, 0.3) is 0 Å².